The van der Waals surface area contributed by atoms with Gasteiger partial charge in [0, 0.05) is 5.92 Å². The maximum absolute atomic E-state index is 13.0. The molecule has 0 amide bonds. The summed E-state index contributed by atoms with van der Waals surface area (Å²) < 4.78 is 18.0. The van der Waals surface area contributed by atoms with Crippen LogP contribution in [-0.4, -0.2) is 18.8 Å². The van der Waals surface area contributed by atoms with Gasteiger partial charge in [0.25, 0.3) is 0 Å². The minimum absolute atomic E-state index is 0.230. The van der Waals surface area contributed by atoms with Crippen molar-refractivity contribution in [3.63, 3.8) is 0 Å². The number of oxime groups is 1. The smallest absolute Gasteiger partial charge is 0.365 e. The van der Waals surface area contributed by atoms with Crippen molar-refractivity contribution in [2.45, 2.75) is 19.3 Å². The lowest BCUT2D eigenvalue weighted by molar-refractivity contribution is 0.0514. The number of methoxy groups -OCH3 is 1. The van der Waals surface area contributed by atoms with Crippen LogP contribution in [0.4, 0.5) is 4.39 Å². The van der Waals surface area contributed by atoms with E-state index in [1.807, 2.05) is 6.92 Å². The molecule has 3 rings (SSSR count). The topological polar surface area (TPSA) is 47.9 Å². The first-order chi connectivity index (χ1) is 11.6. The highest BCUT2D eigenvalue weighted by Crippen LogP contribution is 2.48. The van der Waals surface area contributed by atoms with Gasteiger partial charge in [0.2, 0.25) is 0 Å². The summed E-state index contributed by atoms with van der Waals surface area (Å²) in [7, 11) is 1.54. The van der Waals surface area contributed by atoms with E-state index in [4.69, 9.17) is 9.57 Å². The number of rotatable bonds is 5. The Kier molecular flexibility index (Phi) is 4.60. The van der Waals surface area contributed by atoms with Crippen molar-refractivity contribution in [3.8, 4) is 5.75 Å². The molecule has 1 aliphatic rings. The van der Waals surface area contributed by atoms with Crippen molar-refractivity contribution in [3.05, 3.63) is 65.5 Å². The monoisotopic (exact) mass is 327 g/mol. The van der Waals surface area contributed by atoms with Crippen molar-refractivity contribution < 1.29 is 18.8 Å². The minimum atomic E-state index is -0.521. The van der Waals surface area contributed by atoms with Gasteiger partial charge in [-0.25, -0.2) is 9.18 Å². The zero-order chi connectivity index (χ0) is 17.1. The Balaban J connectivity index is 1.60. The molecule has 0 heterocycles. The third-order valence-corrected chi connectivity index (χ3v) is 4.20. The van der Waals surface area contributed by atoms with Gasteiger partial charge in [0.05, 0.1) is 18.4 Å². The SMILES string of the molecule is COc1cccc(C(=O)O/N=C(\C)[C@H]2C[C@@H]2c2ccc(F)cc2)c1. The summed E-state index contributed by atoms with van der Waals surface area (Å²) in [4.78, 5) is 17.1. The van der Waals surface area contributed by atoms with Gasteiger partial charge in [0.15, 0.2) is 0 Å². The lowest BCUT2D eigenvalue weighted by Crippen LogP contribution is -2.05. The number of halogens is 1. The van der Waals surface area contributed by atoms with Gasteiger partial charge in [-0.05, 0) is 55.2 Å². The highest BCUT2D eigenvalue weighted by atomic mass is 19.1. The molecule has 0 radical (unpaired) electrons. The molecule has 1 aliphatic carbocycles. The van der Waals surface area contributed by atoms with E-state index in [2.05, 4.69) is 5.16 Å². The van der Waals surface area contributed by atoms with Gasteiger partial charge in [-0.15, -0.1) is 0 Å². The van der Waals surface area contributed by atoms with E-state index < -0.39 is 5.97 Å². The van der Waals surface area contributed by atoms with Crippen LogP contribution in [0.1, 0.15) is 35.2 Å². The van der Waals surface area contributed by atoms with E-state index >= 15 is 0 Å². The Morgan fingerprint density at radius 1 is 1.21 bits per heavy atom. The van der Waals surface area contributed by atoms with Crippen LogP contribution >= 0.6 is 0 Å². The second kappa shape index (κ2) is 6.83. The number of benzene rings is 2. The Hall–Kier alpha value is -2.69. The molecule has 0 bridgehead atoms. The summed E-state index contributed by atoms with van der Waals surface area (Å²) in [5, 5.41) is 3.96. The largest absolute Gasteiger partial charge is 0.497 e. The fourth-order valence-electron chi connectivity index (χ4n) is 2.72. The molecule has 0 saturated heterocycles. The molecule has 0 aromatic heterocycles. The van der Waals surface area contributed by atoms with Crippen molar-refractivity contribution in [1.29, 1.82) is 0 Å². The van der Waals surface area contributed by atoms with Gasteiger partial charge in [-0.1, -0.05) is 23.4 Å². The van der Waals surface area contributed by atoms with E-state index in [0.717, 1.165) is 17.7 Å². The average Bonchev–Trinajstić information content (AvgIpc) is 3.41. The zero-order valence-electron chi connectivity index (χ0n) is 13.5. The Labute approximate surface area is 139 Å². The standard InChI is InChI=1S/C19H18FNO3/c1-12(17-11-18(17)13-6-8-15(20)9-7-13)21-24-19(22)14-4-3-5-16(10-14)23-2/h3-10,17-18H,11H2,1-2H3/b21-12+/t17-,18-/m1/s1. The summed E-state index contributed by atoms with van der Waals surface area (Å²) in [6, 6.07) is 13.2. The third-order valence-electron chi connectivity index (χ3n) is 4.20. The Morgan fingerprint density at radius 2 is 1.96 bits per heavy atom. The quantitative estimate of drug-likeness (QED) is 0.470. The number of ether oxygens (including phenoxy) is 1. The van der Waals surface area contributed by atoms with Crippen molar-refractivity contribution >= 4 is 11.7 Å². The molecule has 0 spiro atoms. The minimum Gasteiger partial charge on any atom is -0.497 e. The van der Waals surface area contributed by atoms with E-state index in [9.17, 15) is 9.18 Å². The number of carbonyl (C=O) groups is 1. The van der Waals surface area contributed by atoms with E-state index in [-0.39, 0.29) is 11.7 Å². The molecule has 2 aromatic carbocycles. The lowest BCUT2D eigenvalue weighted by atomic mass is 10.1. The predicted octanol–water partition coefficient (Wildman–Crippen LogP) is 4.17. The molecule has 24 heavy (non-hydrogen) atoms. The van der Waals surface area contributed by atoms with E-state index in [1.54, 1.807) is 36.4 Å². The van der Waals surface area contributed by atoms with E-state index in [1.165, 1.54) is 19.2 Å². The maximum Gasteiger partial charge on any atom is 0.365 e. The second-order valence-corrected chi connectivity index (χ2v) is 5.84. The van der Waals surface area contributed by atoms with Crippen LogP contribution in [0.3, 0.4) is 0 Å². The summed E-state index contributed by atoms with van der Waals surface area (Å²) >= 11 is 0. The fourth-order valence-corrected chi connectivity index (χ4v) is 2.72. The van der Waals surface area contributed by atoms with Crippen LogP contribution in [0.2, 0.25) is 0 Å². The molecule has 0 N–H and O–H groups in total. The highest BCUT2D eigenvalue weighted by Gasteiger charge is 2.40. The van der Waals surface area contributed by atoms with Crippen LogP contribution in [0.5, 0.6) is 5.75 Å². The third kappa shape index (κ3) is 3.62. The average molecular weight is 327 g/mol. The van der Waals surface area contributed by atoms with Gasteiger partial charge in [0.1, 0.15) is 11.6 Å². The highest BCUT2D eigenvalue weighted by molar-refractivity contribution is 5.92. The first kappa shape index (κ1) is 16.2. The number of nitrogens with zero attached hydrogens (tertiary/aromatic N) is 1. The first-order valence-electron chi connectivity index (χ1n) is 7.74. The molecule has 5 heteroatoms. The van der Waals surface area contributed by atoms with Crippen LogP contribution < -0.4 is 4.74 Å². The van der Waals surface area contributed by atoms with Crippen LogP contribution in [0, 0.1) is 11.7 Å². The van der Waals surface area contributed by atoms with Gasteiger partial charge >= 0.3 is 5.97 Å². The Morgan fingerprint density at radius 3 is 2.67 bits per heavy atom. The molecule has 0 unspecified atom stereocenters. The lowest BCUT2D eigenvalue weighted by Gasteiger charge is -2.03. The molecule has 2 atom stereocenters. The molecule has 1 fully saturated rings. The molecule has 124 valence electrons. The number of hydrogen-bond donors (Lipinski definition) is 0. The summed E-state index contributed by atoms with van der Waals surface area (Å²) in [6.07, 6.45) is 0.928. The predicted molar refractivity (Wildman–Crippen MR) is 88.8 cm³/mol. The maximum atomic E-state index is 13.0. The number of carbonyl (C=O) groups excluding carboxylic acids is 1. The molecule has 4 nitrogen and oxygen atoms in total. The summed E-state index contributed by atoms with van der Waals surface area (Å²) in [5.74, 6) is 0.364. The molecular weight excluding hydrogens is 309 g/mol. The van der Waals surface area contributed by atoms with Crippen molar-refractivity contribution in [2.24, 2.45) is 11.1 Å². The van der Waals surface area contributed by atoms with Gasteiger partial charge in [-0.3, -0.25) is 0 Å². The normalized spacial score (nSPS) is 19.7. The van der Waals surface area contributed by atoms with Gasteiger partial charge in [-0.2, -0.15) is 0 Å². The van der Waals surface area contributed by atoms with Crippen LogP contribution in [0.15, 0.2) is 53.7 Å². The molecule has 1 saturated carbocycles. The van der Waals surface area contributed by atoms with Crippen LogP contribution in [-0.2, 0) is 4.84 Å². The van der Waals surface area contributed by atoms with Crippen molar-refractivity contribution in [1.82, 2.24) is 0 Å². The summed E-state index contributed by atoms with van der Waals surface area (Å²) in [5.41, 5.74) is 2.23. The van der Waals surface area contributed by atoms with Crippen molar-refractivity contribution in [2.75, 3.05) is 7.11 Å². The Bertz CT molecular complexity index is 770. The number of hydrogen-bond acceptors (Lipinski definition) is 4. The zero-order valence-corrected chi connectivity index (χ0v) is 13.5. The first-order valence-corrected chi connectivity index (χ1v) is 7.74. The molecule has 0 aliphatic heterocycles. The van der Waals surface area contributed by atoms with Crippen LogP contribution in [0.25, 0.3) is 0 Å². The summed E-state index contributed by atoms with van der Waals surface area (Å²) in [6.45, 7) is 1.84. The molecular formula is C19H18FNO3. The molecule has 2 aromatic rings. The second-order valence-electron chi connectivity index (χ2n) is 5.84. The van der Waals surface area contributed by atoms with Gasteiger partial charge < -0.3 is 9.57 Å². The van der Waals surface area contributed by atoms with E-state index in [0.29, 0.717) is 17.2 Å². The fraction of sp³-hybridized carbons (Fsp3) is 0.263.